The van der Waals surface area contributed by atoms with E-state index in [1.807, 2.05) is 0 Å². The Morgan fingerprint density at radius 2 is 1.89 bits per heavy atom. The van der Waals surface area contributed by atoms with Crippen molar-refractivity contribution in [3.8, 4) is 0 Å². The molecule has 2 fully saturated rings. The van der Waals surface area contributed by atoms with Crippen LogP contribution in [0.3, 0.4) is 0 Å². The quantitative estimate of drug-likeness (QED) is 0.708. The third kappa shape index (κ3) is 2.57. The monoisotopic (exact) mass is 257 g/mol. The molecular weight excluding hydrogens is 230 g/mol. The summed E-state index contributed by atoms with van der Waals surface area (Å²) in [6, 6.07) is 0.573. The van der Waals surface area contributed by atoms with Gasteiger partial charge in [0.25, 0.3) is 0 Å². The molecular formula is C14H27NO3. The van der Waals surface area contributed by atoms with E-state index in [1.165, 1.54) is 25.7 Å². The molecule has 0 aromatic rings. The van der Waals surface area contributed by atoms with E-state index in [0.717, 1.165) is 19.6 Å². The number of hydrogen-bond donors (Lipinski definition) is 1. The van der Waals surface area contributed by atoms with E-state index in [9.17, 15) is 0 Å². The predicted molar refractivity (Wildman–Crippen MR) is 70.5 cm³/mol. The lowest BCUT2D eigenvalue weighted by Crippen LogP contribution is -2.63. The van der Waals surface area contributed by atoms with Crippen molar-refractivity contribution >= 4 is 0 Å². The molecule has 18 heavy (non-hydrogen) atoms. The summed E-state index contributed by atoms with van der Waals surface area (Å²) in [4.78, 5) is 0. The highest BCUT2D eigenvalue weighted by atomic mass is 16.7. The van der Waals surface area contributed by atoms with Gasteiger partial charge >= 0.3 is 0 Å². The zero-order valence-corrected chi connectivity index (χ0v) is 11.9. The van der Waals surface area contributed by atoms with E-state index >= 15 is 0 Å². The van der Waals surface area contributed by atoms with E-state index in [0.29, 0.717) is 17.6 Å². The predicted octanol–water partition coefficient (Wildman–Crippen LogP) is 1.93. The molecule has 0 aromatic carbocycles. The van der Waals surface area contributed by atoms with E-state index in [-0.39, 0.29) is 6.29 Å². The first kappa shape index (κ1) is 14.3. The Labute approximate surface area is 110 Å². The zero-order chi connectivity index (χ0) is 13.0. The first-order valence-electron chi connectivity index (χ1n) is 7.17. The van der Waals surface area contributed by atoms with Crippen LogP contribution in [0.1, 0.15) is 39.0 Å². The highest BCUT2D eigenvalue weighted by Crippen LogP contribution is 2.54. The second kappa shape index (κ2) is 6.33. The molecule has 2 unspecified atom stereocenters. The molecule has 2 rings (SSSR count). The fourth-order valence-electron chi connectivity index (χ4n) is 3.67. The number of nitrogens with one attached hydrogen (secondary N) is 1. The summed E-state index contributed by atoms with van der Waals surface area (Å²) in [5.41, 5.74) is 0.391. The lowest BCUT2D eigenvalue weighted by Gasteiger charge is -2.54. The molecule has 0 amide bonds. The molecule has 4 heteroatoms. The summed E-state index contributed by atoms with van der Waals surface area (Å²) in [5.74, 6) is 0. The van der Waals surface area contributed by atoms with Crippen molar-refractivity contribution in [2.75, 3.05) is 27.4 Å². The molecule has 2 aliphatic rings. The standard InChI is InChI=1S/C14H27NO3/c1-4-18-12-9-11(14(12)7-5-6-8-14)15-10-13(16-2)17-3/h11-13,15H,4-10H2,1-3H3. The summed E-state index contributed by atoms with van der Waals surface area (Å²) in [6.45, 7) is 3.69. The molecule has 2 aliphatic carbocycles. The smallest absolute Gasteiger partial charge is 0.169 e. The second-order valence-electron chi connectivity index (χ2n) is 5.48. The third-order valence-corrected chi connectivity index (χ3v) is 4.74. The zero-order valence-electron chi connectivity index (χ0n) is 11.9. The van der Waals surface area contributed by atoms with E-state index < -0.39 is 0 Å². The largest absolute Gasteiger partial charge is 0.378 e. The number of hydrogen-bond acceptors (Lipinski definition) is 4. The SMILES string of the molecule is CCOC1CC(NCC(OC)OC)C12CCCC2. The van der Waals surface area contributed by atoms with Crippen LogP contribution in [0.2, 0.25) is 0 Å². The minimum absolute atomic E-state index is 0.144. The van der Waals surface area contributed by atoms with Gasteiger partial charge in [0.15, 0.2) is 6.29 Å². The Hall–Kier alpha value is -0.160. The third-order valence-electron chi connectivity index (χ3n) is 4.74. The van der Waals surface area contributed by atoms with Gasteiger partial charge in [0, 0.05) is 38.8 Å². The van der Waals surface area contributed by atoms with Crippen LogP contribution in [0.15, 0.2) is 0 Å². The Morgan fingerprint density at radius 1 is 1.22 bits per heavy atom. The maximum atomic E-state index is 5.90. The van der Waals surface area contributed by atoms with Crippen LogP contribution in [-0.2, 0) is 14.2 Å². The number of rotatable bonds is 7. The van der Waals surface area contributed by atoms with Crippen molar-refractivity contribution in [3.05, 3.63) is 0 Å². The van der Waals surface area contributed by atoms with Crippen molar-refractivity contribution < 1.29 is 14.2 Å². The Balaban J connectivity index is 1.86. The van der Waals surface area contributed by atoms with Crippen molar-refractivity contribution in [3.63, 3.8) is 0 Å². The van der Waals surface area contributed by atoms with E-state index in [1.54, 1.807) is 14.2 Å². The summed E-state index contributed by atoms with van der Waals surface area (Å²) < 4.78 is 16.4. The van der Waals surface area contributed by atoms with Crippen LogP contribution in [0.5, 0.6) is 0 Å². The average molecular weight is 257 g/mol. The van der Waals surface area contributed by atoms with Gasteiger partial charge in [-0.15, -0.1) is 0 Å². The molecule has 0 aromatic heterocycles. The Morgan fingerprint density at radius 3 is 2.44 bits per heavy atom. The van der Waals surface area contributed by atoms with Gasteiger partial charge in [-0.25, -0.2) is 0 Å². The molecule has 2 atom stereocenters. The van der Waals surface area contributed by atoms with Gasteiger partial charge < -0.3 is 19.5 Å². The Bertz CT molecular complexity index is 249. The van der Waals surface area contributed by atoms with Gasteiger partial charge in [0.05, 0.1) is 6.10 Å². The van der Waals surface area contributed by atoms with Crippen LogP contribution < -0.4 is 5.32 Å². The molecule has 106 valence electrons. The summed E-state index contributed by atoms with van der Waals surface area (Å²) in [5, 5.41) is 3.61. The highest BCUT2D eigenvalue weighted by molar-refractivity contribution is 5.09. The molecule has 0 saturated heterocycles. The molecule has 4 nitrogen and oxygen atoms in total. The van der Waals surface area contributed by atoms with Crippen LogP contribution in [0, 0.1) is 5.41 Å². The van der Waals surface area contributed by atoms with Crippen LogP contribution in [0.25, 0.3) is 0 Å². The highest BCUT2D eigenvalue weighted by Gasteiger charge is 2.56. The fourth-order valence-corrected chi connectivity index (χ4v) is 3.67. The van der Waals surface area contributed by atoms with Crippen molar-refractivity contribution in [2.24, 2.45) is 5.41 Å². The van der Waals surface area contributed by atoms with Gasteiger partial charge in [-0.1, -0.05) is 12.8 Å². The molecule has 1 spiro atoms. The summed E-state index contributed by atoms with van der Waals surface area (Å²) in [6.07, 6.45) is 6.76. The van der Waals surface area contributed by atoms with Crippen LogP contribution in [-0.4, -0.2) is 45.8 Å². The number of methoxy groups -OCH3 is 2. The van der Waals surface area contributed by atoms with Crippen molar-refractivity contribution in [2.45, 2.75) is 57.5 Å². The number of ether oxygens (including phenoxy) is 3. The summed E-state index contributed by atoms with van der Waals surface area (Å²) >= 11 is 0. The molecule has 0 aliphatic heterocycles. The van der Waals surface area contributed by atoms with Gasteiger partial charge in [0.2, 0.25) is 0 Å². The van der Waals surface area contributed by atoms with Crippen LogP contribution in [0.4, 0.5) is 0 Å². The van der Waals surface area contributed by atoms with Gasteiger partial charge in [-0.3, -0.25) is 0 Å². The second-order valence-corrected chi connectivity index (χ2v) is 5.48. The van der Waals surface area contributed by atoms with Crippen molar-refractivity contribution in [1.29, 1.82) is 0 Å². The molecule has 0 bridgehead atoms. The molecule has 0 heterocycles. The maximum absolute atomic E-state index is 5.90. The average Bonchev–Trinajstić information content (AvgIpc) is 2.89. The van der Waals surface area contributed by atoms with Gasteiger partial charge in [-0.2, -0.15) is 0 Å². The molecule has 0 radical (unpaired) electrons. The van der Waals surface area contributed by atoms with Crippen molar-refractivity contribution in [1.82, 2.24) is 5.32 Å². The van der Waals surface area contributed by atoms with Gasteiger partial charge in [0.1, 0.15) is 0 Å². The van der Waals surface area contributed by atoms with Crippen LogP contribution >= 0.6 is 0 Å². The lowest BCUT2D eigenvalue weighted by atomic mass is 9.60. The Kier molecular flexibility index (Phi) is 5.01. The van der Waals surface area contributed by atoms with Gasteiger partial charge in [-0.05, 0) is 26.2 Å². The van der Waals surface area contributed by atoms with E-state index in [2.05, 4.69) is 12.2 Å². The topological polar surface area (TPSA) is 39.7 Å². The minimum Gasteiger partial charge on any atom is -0.378 e. The fraction of sp³-hybridized carbons (Fsp3) is 1.00. The first-order chi connectivity index (χ1) is 8.76. The lowest BCUT2D eigenvalue weighted by molar-refractivity contribution is -0.143. The molecule has 2 saturated carbocycles. The molecule has 1 N–H and O–H groups in total. The minimum atomic E-state index is -0.144. The maximum Gasteiger partial charge on any atom is 0.169 e. The first-order valence-corrected chi connectivity index (χ1v) is 7.17. The normalized spacial score (nSPS) is 30.0. The summed E-state index contributed by atoms with van der Waals surface area (Å²) in [7, 11) is 3.37. The van der Waals surface area contributed by atoms with E-state index in [4.69, 9.17) is 14.2 Å².